The van der Waals surface area contributed by atoms with Crippen molar-refractivity contribution in [3.63, 3.8) is 0 Å². The number of para-hydroxylation sites is 1. The summed E-state index contributed by atoms with van der Waals surface area (Å²) < 4.78 is 0. The Morgan fingerprint density at radius 1 is 1.11 bits per heavy atom. The highest BCUT2D eigenvalue weighted by Gasteiger charge is 2.07. The van der Waals surface area contributed by atoms with Crippen LogP contribution in [0.5, 0.6) is 0 Å². The molecular weight excluding hydrogens is 220 g/mol. The molecule has 0 fully saturated rings. The van der Waals surface area contributed by atoms with E-state index in [-0.39, 0.29) is 0 Å². The molecule has 2 heteroatoms. The molecule has 96 valence electrons. The van der Waals surface area contributed by atoms with Gasteiger partial charge in [0, 0.05) is 23.8 Å². The summed E-state index contributed by atoms with van der Waals surface area (Å²) in [4.78, 5) is 4.85. The maximum absolute atomic E-state index is 4.85. The van der Waals surface area contributed by atoms with Crippen LogP contribution in [0.25, 0.3) is 10.9 Å². The summed E-state index contributed by atoms with van der Waals surface area (Å²) in [5.74, 6) is 0. The fraction of sp³-hybridized carbons (Fsp3) is 0.438. The minimum Gasteiger partial charge on any atom is -0.388 e. The molecule has 0 radical (unpaired) electrons. The highest BCUT2D eigenvalue weighted by atomic mass is 14.8. The van der Waals surface area contributed by atoms with E-state index in [1.54, 1.807) is 0 Å². The summed E-state index contributed by atoms with van der Waals surface area (Å²) in [6, 6.07) is 8.67. The first-order valence-electron chi connectivity index (χ1n) is 6.89. The third kappa shape index (κ3) is 2.47. The number of aryl methyl sites for hydroxylation is 2. The van der Waals surface area contributed by atoms with Crippen molar-refractivity contribution in [3.8, 4) is 0 Å². The Hall–Kier alpha value is -1.57. The molecule has 2 rings (SSSR count). The van der Waals surface area contributed by atoms with Crippen molar-refractivity contribution >= 4 is 16.6 Å². The average Bonchev–Trinajstić information content (AvgIpc) is 2.39. The van der Waals surface area contributed by atoms with Crippen molar-refractivity contribution < 1.29 is 0 Å². The van der Waals surface area contributed by atoms with Gasteiger partial charge in [-0.3, -0.25) is 4.98 Å². The van der Waals surface area contributed by atoms with E-state index in [4.69, 9.17) is 4.98 Å². The summed E-state index contributed by atoms with van der Waals surface area (Å²) in [6.07, 6.45) is 4.44. The Morgan fingerprint density at radius 2 is 1.89 bits per heavy atom. The Balaban J connectivity index is 2.63. The SMILES string of the molecule is CCCc1cc(NC)c2cccc(CCC)c2n1. The number of anilines is 1. The number of hydrogen-bond acceptors (Lipinski definition) is 2. The molecule has 2 aromatic rings. The van der Waals surface area contributed by atoms with Gasteiger partial charge >= 0.3 is 0 Å². The van der Waals surface area contributed by atoms with Gasteiger partial charge in [0.05, 0.1) is 5.52 Å². The number of fused-ring (bicyclic) bond motifs is 1. The van der Waals surface area contributed by atoms with Gasteiger partial charge in [0.1, 0.15) is 0 Å². The lowest BCUT2D eigenvalue weighted by molar-refractivity contribution is 0.884. The zero-order valence-electron chi connectivity index (χ0n) is 11.6. The maximum atomic E-state index is 4.85. The molecule has 1 N–H and O–H groups in total. The first kappa shape index (κ1) is 12.9. The number of rotatable bonds is 5. The van der Waals surface area contributed by atoms with Gasteiger partial charge in [0.25, 0.3) is 0 Å². The normalized spacial score (nSPS) is 10.8. The van der Waals surface area contributed by atoms with E-state index in [2.05, 4.69) is 43.4 Å². The van der Waals surface area contributed by atoms with E-state index in [1.165, 1.54) is 27.8 Å². The summed E-state index contributed by atoms with van der Waals surface area (Å²) >= 11 is 0. The third-order valence-corrected chi connectivity index (χ3v) is 3.27. The van der Waals surface area contributed by atoms with Crippen molar-refractivity contribution in [3.05, 3.63) is 35.5 Å². The van der Waals surface area contributed by atoms with Crippen LogP contribution in [-0.2, 0) is 12.8 Å². The lowest BCUT2D eigenvalue weighted by Crippen LogP contribution is -1.99. The zero-order chi connectivity index (χ0) is 13.0. The number of benzene rings is 1. The number of nitrogens with zero attached hydrogens (tertiary/aromatic N) is 1. The van der Waals surface area contributed by atoms with Gasteiger partial charge in [-0.05, 0) is 24.5 Å². The van der Waals surface area contributed by atoms with Crippen LogP contribution in [0.3, 0.4) is 0 Å². The second kappa shape index (κ2) is 5.85. The molecule has 18 heavy (non-hydrogen) atoms. The Morgan fingerprint density at radius 3 is 2.56 bits per heavy atom. The van der Waals surface area contributed by atoms with Crippen LogP contribution in [0, 0.1) is 0 Å². The molecule has 0 amide bonds. The van der Waals surface area contributed by atoms with E-state index in [0.29, 0.717) is 0 Å². The van der Waals surface area contributed by atoms with Crippen LogP contribution in [0.1, 0.15) is 37.9 Å². The van der Waals surface area contributed by atoms with Gasteiger partial charge in [0.2, 0.25) is 0 Å². The van der Waals surface area contributed by atoms with Gasteiger partial charge in [-0.25, -0.2) is 0 Å². The van der Waals surface area contributed by atoms with Crippen molar-refractivity contribution in [2.75, 3.05) is 12.4 Å². The highest BCUT2D eigenvalue weighted by molar-refractivity contribution is 5.93. The van der Waals surface area contributed by atoms with E-state index in [0.717, 1.165) is 25.7 Å². The lowest BCUT2D eigenvalue weighted by Gasteiger charge is -2.11. The summed E-state index contributed by atoms with van der Waals surface area (Å²) in [7, 11) is 1.98. The van der Waals surface area contributed by atoms with E-state index < -0.39 is 0 Å². The van der Waals surface area contributed by atoms with Crippen molar-refractivity contribution in [2.24, 2.45) is 0 Å². The fourth-order valence-electron chi connectivity index (χ4n) is 2.42. The summed E-state index contributed by atoms with van der Waals surface area (Å²) in [5.41, 5.74) is 4.93. The summed E-state index contributed by atoms with van der Waals surface area (Å²) in [5, 5.41) is 4.54. The quantitative estimate of drug-likeness (QED) is 0.850. The first-order valence-corrected chi connectivity index (χ1v) is 6.89. The van der Waals surface area contributed by atoms with E-state index in [1.807, 2.05) is 7.05 Å². The van der Waals surface area contributed by atoms with Crippen molar-refractivity contribution in [1.29, 1.82) is 0 Å². The molecule has 0 aliphatic rings. The van der Waals surface area contributed by atoms with Crippen molar-refractivity contribution in [2.45, 2.75) is 39.5 Å². The van der Waals surface area contributed by atoms with Crippen LogP contribution in [0.15, 0.2) is 24.3 Å². The lowest BCUT2D eigenvalue weighted by atomic mass is 10.0. The second-order valence-electron chi connectivity index (χ2n) is 4.72. The monoisotopic (exact) mass is 242 g/mol. The smallest absolute Gasteiger partial charge is 0.0758 e. The topological polar surface area (TPSA) is 24.9 Å². The molecule has 2 nitrogen and oxygen atoms in total. The third-order valence-electron chi connectivity index (χ3n) is 3.27. The largest absolute Gasteiger partial charge is 0.388 e. The Bertz CT molecular complexity index is 532. The maximum Gasteiger partial charge on any atom is 0.0758 e. The Labute approximate surface area is 109 Å². The predicted octanol–water partition coefficient (Wildman–Crippen LogP) is 4.18. The van der Waals surface area contributed by atoms with Crippen LogP contribution < -0.4 is 5.32 Å². The van der Waals surface area contributed by atoms with Crippen LogP contribution in [-0.4, -0.2) is 12.0 Å². The molecule has 0 aliphatic heterocycles. The molecule has 0 unspecified atom stereocenters. The molecule has 0 saturated heterocycles. The first-order chi connectivity index (χ1) is 8.80. The van der Waals surface area contributed by atoms with Crippen LogP contribution >= 0.6 is 0 Å². The molecule has 1 heterocycles. The van der Waals surface area contributed by atoms with Gasteiger partial charge in [0.15, 0.2) is 0 Å². The fourth-order valence-corrected chi connectivity index (χ4v) is 2.42. The van der Waals surface area contributed by atoms with Gasteiger partial charge < -0.3 is 5.32 Å². The molecule has 0 aliphatic carbocycles. The number of hydrogen-bond donors (Lipinski definition) is 1. The molecule has 0 bridgehead atoms. The predicted molar refractivity (Wildman–Crippen MR) is 79.3 cm³/mol. The minimum atomic E-state index is 1.05. The Kier molecular flexibility index (Phi) is 4.19. The molecule has 0 atom stereocenters. The second-order valence-corrected chi connectivity index (χ2v) is 4.72. The molecule has 1 aromatic carbocycles. The number of pyridine rings is 1. The summed E-state index contributed by atoms with van der Waals surface area (Å²) in [6.45, 7) is 4.41. The molecule has 1 aromatic heterocycles. The van der Waals surface area contributed by atoms with E-state index in [9.17, 15) is 0 Å². The molecule has 0 saturated carbocycles. The van der Waals surface area contributed by atoms with Gasteiger partial charge in [-0.1, -0.05) is 44.9 Å². The van der Waals surface area contributed by atoms with Crippen LogP contribution in [0.2, 0.25) is 0 Å². The average molecular weight is 242 g/mol. The number of nitrogens with one attached hydrogen (secondary N) is 1. The van der Waals surface area contributed by atoms with E-state index >= 15 is 0 Å². The highest BCUT2D eigenvalue weighted by Crippen LogP contribution is 2.26. The molecule has 0 spiro atoms. The minimum absolute atomic E-state index is 1.05. The van der Waals surface area contributed by atoms with Gasteiger partial charge in [-0.15, -0.1) is 0 Å². The molecular formula is C16H22N2. The standard InChI is InChI=1S/C16H22N2/c1-4-7-12-9-6-10-14-15(17-3)11-13(8-5-2)18-16(12)14/h6,9-11H,4-5,7-8H2,1-3H3,(H,17,18). The number of aromatic nitrogens is 1. The van der Waals surface area contributed by atoms with Crippen molar-refractivity contribution in [1.82, 2.24) is 4.98 Å². The van der Waals surface area contributed by atoms with Crippen LogP contribution in [0.4, 0.5) is 5.69 Å². The zero-order valence-corrected chi connectivity index (χ0v) is 11.6. The van der Waals surface area contributed by atoms with Gasteiger partial charge in [-0.2, -0.15) is 0 Å².